The predicted molar refractivity (Wildman–Crippen MR) is 88.2 cm³/mol. The van der Waals surface area contributed by atoms with Crippen LogP contribution >= 0.6 is 0 Å². The highest BCUT2D eigenvalue weighted by Crippen LogP contribution is 2.41. The summed E-state index contributed by atoms with van der Waals surface area (Å²) in [5.74, 6) is 0.828. The Balaban J connectivity index is 2.00. The van der Waals surface area contributed by atoms with Gasteiger partial charge in [0.15, 0.2) is 0 Å². The van der Waals surface area contributed by atoms with Gasteiger partial charge in [0.1, 0.15) is 0 Å². The third-order valence-electron chi connectivity index (χ3n) is 5.00. The van der Waals surface area contributed by atoms with Crippen LogP contribution in [-0.4, -0.2) is 22.9 Å². The molecule has 1 heterocycles. The first-order valence-electron chi connectivity index (χ1n) is 8.62. The topological polar surface area (TPSA) is 29.5 Å². The maximum atomic E-state index is 10.4. The van der Waals surface area contributed by atoms with Crippen molar-refractivity contribution < 1.29 is 9.84 Å². The Morgan fingerprint density at radius 1 is 1.38 bits per heavy atom. The van der Waals surface area contributed by atoms with Crippen LogP contribution in [0.15, 0.2) is 23.8 Å². The second-order valence-electron chi connectivity index (χ2n) is 7.42. The lowest BCUT2D eigenvalue weighted by molar-refractivity contribution is -0.133. The monoisotopic (exact) mass is 292 g/mol. The molecule has 120 valence electrons. The number of ether oxygens (including phenoxy) is 1. The molecular weight excluding hydrogens is 260 g/mol. The molecule has 0 spiro atoms. The smallest absolute Gasteiger partial charge is 0.0841 e. The molecule has 5 unspecified atom stereocenters. The molecule has 0 radical (unpaired) electrons. The fourth-order valence-electron chi connectivity index (χ4n) is 3.84. The summed E-state index contributed by atoms with van der Waals surface area (Å²) in [6.07, 6.45) is 13.2. The first kappa shape index (κ1) is 16.8. The van der Waals surface area contributed by atoms with E-state index in [2.05, 4.69) is 45.9 Å². The molecule has 2 nitrogen and oxygen atoms in total. The van der Waals surface area contributed by atoms with Gasteiger partial charge in [-0.05, 0) is 52.4 Å². The van der Waals surface area contributed by atoms with Crippen LogP contribution in [0, 0.1) is 11.8 Å². The summed E-state index contributed by atoms with van der Waals surface area (Å²) in [6.45, 7) is 8.70. The molecule has 1 saturated carbocycles. The summed E-state index contributed by atoms with van der Waals surface area (Å²) in [6, 6.07) is 0. The third kappa shape index (κ3) is 4.43. The fourth-order valence-corrected chi connectivity index (χ4v) is 3.84. The van der Waals surface area contributed by atoms with Gasteiger partial charge in [0.2, 0.25) is 0 Å². The van der Waals surface area contributed by atoms with E-state index in [9.17, 15) is 5.11 Å². The first-order valence-corrected chi connectivity index (χ1v) is 8.62. The molecule has 0 amide bonds. The van der Waals surface area contributed by atoms with Crippen LogP contribution < -0.4 is 0 Å². The SMILES string of the molecule is CCCC1CC(O)C2C=CC(C)(CCC=C(C)C)OC2C1. The van der Waals surface area contributed by atoms with E-state index in [-0.39, 0.29) is 23.7 Å². The van der Waals surface area contributed by atoms with E-state index >= 15 is 0 Å². The second kappa shape index (κ2) is 7.11. The molecule has 21 heavy (non-hydrogen) atoms. The van der Waals surface area contributed by atoms with E-state index in [1.165, 1.54) is 18.4 Å². The highest BCUT2D eigenvalue weighted by atomic mass is 16.5. The zero-order chi connectivity index (χ0) is 15.5. The quantitative estimate of drug-likeness (QED) is 0.748. The van der Waals surface area contributed by atoms with Crippen molar-refractivity contribution in [2.45, 2.75) is 84.0 Å². The molecule has 2 aliphatic rings. The van der Waals surface area contributed by atoms with E-state index in [1.807, 2.05) is 0 Å². The van der Waals surface area contributed by atoms with Gasteiger partial charge >= 0.3 is 0 Å². The number of allylic oxidation sites excluding steroid dienone is 2. The van der Waals surface area contributed by atoms with E-state index in [0.29, 0.717) is 5.92 Å². The minimum absolute atomic E-state index is 0.166. The van der Waals surface area contributed by atoms with Gasteiger partial charge in [-0.3, -0.25) is 0 Å². The van der Waals surface area contributed by atoms with Gasteiger partial charge in [-0.1, -0.05) is 43.6 Å². The van der Waals surface area contributed by atoms with Gasteiger partial charge in [0.05, 0.1) is 17.8 Å². The zero-order valence-corrected chi connectivity index (χ0v) is 14.1. The molecule has 0 bridgehead atoms. The predicted octanol–water partition coefficient (Wildman–Crippen LogP) is 4.63. The Kier molecular flexibility index (Phi) is 5.67. The van der Waals surface area contributed by atoms with E-state index in [4.69, 9.17) is 4.74 Å². The van der Waals surface area contributed by atoms with Crippen molar-refractivity contribution in [1.29, 1.82) is 0 Å². The lowest BCUT2D eigenvalue weighted by Gasteiger charge is -2.45. The Bertz CT molecular complexity index is 394. The summed E-state index contributed by atoms with van der Waals surface area (Å²) in [4.78, 5) is 0. The number of hydrogen-bond donors (Lipinski definition) is 1. The van der Waals surface area contributed by atoms with Crippen LogP contribution in [0.1, 0.15) is 66.2 Å². The number of aliphatic hydroxyl groups is 1. The molecule has 1 fully saturated rings. The van der Waals surface area contributed by atoms with E-state index in [1.54, 1.807) is 0 Å². The minimum Gasteiger partial charge on any atom is -0.392 e. The molecule has 0 saturated heterocycles. The summed E-state index contributed by atoms with van der Waals surface area (Å²) < 4.78 is 6.43. The molecule has 1 aliphatic carbocycles. The molecule has 0 aromatic heterocycles. The molecular formula is C19H32O2. The molecule has 5 atom stereocenters. The van der Waals surface area contributed by atoms with Crippen molar-refractivity contribution in [1.82, 2.24) is 0 Å². The second-order valence-corrected chi connectivity index (χ2v) is 7.42. The largest absolute Gasteiger partial charge is 0.392 e. The van der Waals surface area contributed by atoms with Crippen LogP contribution in [0.4, 0.5) is 0 Å². The molecule has 0 aromatic rings. The summed E-state index contributed by atoms with van der Waals surface area (Å²) >= 11 is 0. The summed E-state index contributed by atoms with van der Waals surface area (Å²) in [7, 11) is 0. The van der Waals surface area contributed by atoms with Crippen LogP contribution in [-0.2, 0) is 4.74 Å². The van der Waals surface area contributed by atoms with Crippen LogP contribution in [0.5, 0.6) is 0 Å². The molecule has 2 rings (SSSR count). The number of rotatable bonds is 5. The van der Waals surface area contributed by atoms with Crippen molar-refractivity contribution in [2.24, 2.45) is 11.8 Å². The molecule has 1 aliphatic heterocycles. The maximum Gasteiger partial charge on any atom is 0.0841 e. The maximum absolute atomic E-state index is 10.4. The lowest BCUT2D eigenvalue weighted by Crippen LogP contribution is -2.47. The minimum atomic E-state index is -0.223. The normalized spacial score (nSPS) is 38.9. The zero-order valence-electron chi connectivity index (χ0n) is 14.1. The van der Waals surface area contributed by atoms with Gasteiger partial charge in [0.25, 0.3) is 0 Å². The molecule has 2 heteroatoms. The van der Waals surface area contributed by atoms with Gasteiger partial charge < -0.3 is 9.84 Å². The third-order valence-corrected chi connectivity index (χ3v) is 5.00. The first-order chi connectivity index (χ1) is 9.93. The number of aliphatic hydroxyl groups excluding tert-OH is 1. The van der Waals surface area contributed by atoms with Crippen LogP contribution in [0.25, 0.3) is 0 Å². The highest BCUT2D eigenvalue weighted by Gasteiger charge is 2.41. The van der Waals surface area contributed by atoms with Crippen molar-refractivity contribution in [3.05, 3.63) is 23.8 Å². The van der Waals surface area contributed by atoms with Crippen molar-refractivity contribution in [3.63, 3.8) is 0 Å². The number of fused-ring (bicyclic) bond motifs is 1. The Morgan fingerprint density at radius 3 is 2.81 bits per heavy atom. The van der Waals surface area contributed by atoms with E-state index < -0.39 is 0 Å². The van der Waals surface area contributed by atoms with Crippen molar-refractivity contribution in [2.75, 3.05) is 0 Å². The molecule has 0 aromatic carbocycles. The van der Waals surface area contributed by atoms with Gasteiger partial charge in [-0.2, -0.15) is 0 Å². The lowest BCUT2D eigenvalue weighted by atomic mass is 9.74. The van der Waals surface area contributed by atoms with Crippen molar-refractivity contribution in [3.8, 4) is 0 Å². The van der Waals surface area contributed by atoms with Crippen LogP contribution in [0.2, 0.25) is 0 Å². The van der Waals surface area contributed by atoms with Gasteiger partial charge in [-0.15, -0.1) is 0 Å². The summed E-state index contributed by atoms with van der Waals surface area (Å²) in [5, 5.41) is 10.4. The number of hydrogen-bond acceptors (Lipinski definition) is 2. The Morgan fingerprint density at radius 2 is 2.14 bits per heavy atom. The van der Waals surface area contributed by atoms with Gasteiger partial charge in [-0.25, -0.2) is 0 Å². The summed E-state index contributed by atoms with van der Waals surface area (Å²) in [5.41, 5.74) is 1.20. The Hall–Kier alpha value is -0.600. The average molecular weight is 292 g/mol. The van der Waals surface area contributed by atoms with Crippen LogP contribution in [0.3, 0.4) is 0 Å². The Labute approximate surface area is 130 Å². The highest BCUT2D eigenvalue weighted by molar-refractivity contribution is 5.12. The van der Waals surface area contributed by atoms with Crippen molar-refractivity contribution >= 4 is 0 Å². The standard InChI is InChI=1S/C19H32O2/c1-5-7-15-12-17(20)16-9-11-19(4,21-18(16)13-15)10-6-8-14(2)3/h8-9,11,15-18,20H,5-7,10,12-13H2,1-4H3. The molecule has 1 N–H and O–H groups in total. The average Bonchev–Trinajstić information content (AvgIpc) is 2.37. The fraction of sp³-hybridized carbons (Fsp3) is 0.789. The van der Waals surface area contributed by atoms with Gasteiger partial charge in [0, 0.05) is 5.92 Å². The van der Waals surface area contributed by atoms with E-state index in [0.717, 1.165) is 25.7 Å².